The van der Waals surface area contributed by atoms with Gasteiger partial charge in [-0.15, -0.1) is 0 Å². The lowest BCUT2D eigenvalue weighted by Crippen LogP contribution is -2.21. The van der Waals surface area contributed by atoms with E-state index in [4.69, 9.17) is 0 Å². The highest BCUT2D eigenvalue weighted by atomic mass is 15.3. The van der Waals surface area contributed by atoms with Crippen LogP contribution in [0.4, 0.5) is 0 Å². The van der Waals surface area contributed by atoms with Crippen LogP contribution in [0, 0.1) is 6.92 Å². The van der Waals surface area contributed by atoms with E-state index in [1.165, 1.54) is 11.1 Å². The van der Waals surface area contributed by atoms with E-state index in [1.807, 2.05) is 24.0 Å². The largest absolute Gasteiger partial charge is 0.306 e. The molecule has 0 amide bonds. The SMILES string of the molecule is CCCn1cc(C(NCC)c2ccc(C)nc2)cn1. The molecule has 2 aromatic rings. The Hall–Kier alpha value is -1.68. The van der Waals surface area contributed by atoms with Gasteiger partial charge in [0.05, 0.1) is 12.2 Å². The highest BCUT2D eigenvalue weighted by molar-refractivity contribution is 5.27. The lowest BCUT2D eigenvalue weighted by atomic mass is 10.0. The lowest BCUT2D eigenvalue weighted by molar-refractivity contribution is 0.597. The zero-order valence-corrected chi connectivity index (χ0v) is 11.9. The van der Waals surface area contributed by atoms with E-state index >= 15 is 0 Å². The fourth-order valence-electron chi connectivity index (χ4n) is 2.16. The van der Waals surface area contributed by atoms with E-state index in [0.717, 1.165) is 25.2 Å². The van der Waals surface area contributed by atoms with Gasteiger partial charge in [0.25, 0.3) is 0 Å². The number of aromatic nitrogens is 3. The van der Waals surface area contributed by atoms with Crippen molar-refractivity contribution >= 4 is 0 Å². The molecule has 1 unspecified atom stereocenters. The average molecular weight is 258 g/mol. The van der Waals surface area contributed by atoms with Crippen LogP contribution in [0.15, 0.2) is 30.7 Å². The predicted molar refractivity (Wildman–Crippen MR) is 77.0 cm³/mol. The Labute approximate surface area is 114 Å². The summed E-state index contributed by atoms with van der Waals surface area (Å²) in [4.78, 5) is 4.38. The molecular weight excluding hydrogens is 236 g/mol. The van der Waals surface area contributed by atoms with Gasteiger partial charge in [0.15, 0.2) is 0 Å². The number of hydrogen-bond donors (Lipinski definition) is 1. The van der Waals surface area contributed by atoms with E-state index < -0.39 is 0 Å². The fourth-order valence-corrected chi connectivity index (χ4v) is 2.16. The third-order valence-corrected chi connectivity index (χ3v) is 3.12. The molecule has 1 atom stereocenters. The van der Waals surface area contributed by atoms with Crippen LogP contribution in [-0.2, 0) is 6.54 Å². The summed E-state index contributed by atoms with van der Waals surface area (Å²) in [5.74, 6) is 0. The van der Waals surface area contributed by atoms with E-state index in [9.17, 15) is 0 Å². The van der Waals surface area contributed by atoms with Gasteiger partial charge in [-0.2, -0.15) is 5.10 Å². The number of nitrogens with zero attached hydrogens (tertiary/aromatic N) is 3. The van der Waals surface area contributed by atoms with Gasteiger partial charge in [-0.25, -0.2) is 0 Å². The van der Waals surface area contributed by atoms with Crippen molar-refractivity contribution in [1.82, 2.24) is 20.1 Å². The summed E-state index contributed by atoms with van der Waals surface area (Å²) >= 11 is 0. The molecule has 1 N–H and O–H groups in total. The molecule has 19 heavy (non-hydrogen) atoms. The van der Waals surface area contributed by atoms with Gasteiger partial charge >= 0.3 is 0 Å². The van der Waals surface area contributed by atoms with Crippen LogP contribution in [0.3, 0.4) is 0 Å². The minimum absolute atomic E-state index is 0.170. The van der Waals surface area contributed by atoms with Crippen molar-refractivity contribution in [2.24, 2.45) is 0 Å². The Balaban J connectivity index is 2.25. The summed E-state index contributed by atoms with van der Waals surface area (Å²) in [6.45, 7) is 8.16. The van der Waals surface area contributed by atoms with Crippen LogP contribution < -0.4 is 5.32 Å². The molecule has 0 bridgehead atoms. The molecule has 0 saturated carbocycles. The van der Waals surface area contributed by atoms with Gasteiger partial charge in [-0.3, -0.25) is 9.67 Å². The topological polar surface area (TPSA) is 42.7 Å². The van der Waals surface area contributed by atoms with Crippen molar-refractivity contribution in [3.8, 4) is 0 Å². The molecule has 2 aromatic heterocycles. The van der Waals surface area contributed by atoms with Crippen LogP contribution >= 0.6 is 0 Å². The summed E-state index contributed by atoms with van der Waals surface area (Å²) in [7, 11) is 0. The molecule has 2 heterocycles. The first-order valence-electron chi connectivity index (χ1n) is 6.92. The molecule has 4 nitrogen and oxygen atoms in total. The van der Waals surface area contributed by atoms with Gasteiger partial charge < -0.3 is 5.32 Å². The van der Waals surface area contributed by atoms with Gasteiger partial charge in [0.1, 0.15) is 0 Å². The number of hydrogen-bond acceptors (Lipinski definition) is 3. The molecule has 0 aliphatic rings. The predicted octanol–water partition coefficient (Wildman–Crippen LogP) is 2.70. The summed E-state index contributed by atoms with van der Waals surface area (Å²) in [6, 6.07) is 4.35. The number of aryl methyl sites for hydroxylation is 2. The second-order valence-corrected chi connectivity index (χ2v) is 4.76. The molecule has 0 radical (unpaired) electrons. The Kier molecular flexibility index (Phi) is 4.68. The zero-order chi connectivity index (χ0) is 13.7. The van der Waals surface area contributed by atoms with Crippen molar-refractivity contribution in [2.45, 2.75) is 39.8 Å². The molecular formula is C15H22N4. The van der Waals surface area contributed by atoms with E-state index in [0.29, 0.717) is 0 Å². The molecule has 0 aromatic carbocycles. The summed E-state index contributed by atoms with van der Waals surface area (Å²) < 4.78 is 2.00. The maximum absolute atomic E-state index is 4.41. The van der Waals surface area contributed by atoms with Crippen LogP contribution in [0.1, 0.15) is 43.1 Å². The van der Waals surface area contributed by atoms with E-state index in [-0.39, 0.29) is 6.04 Å². The van der Waals surface area contributed by atoms with Crippen LogP contribution in [-0.4, -0.2) is 21.3 Å². The second-order valence-electron chi connectivity index (χ2n) is 4.76. The van der Waals surface area contributed by atoms with Crippen molar-refractivity contribution in [3.63, 3.8) is 0 Å². The molecule has 0 spiro atoms. The van der Waals surface area contributed by atoms with Crippen LogP contribution in [0.25, 0.3) is 0 Å². The Morgan fingerprint density at radius 3 is 2.68 bits per heavy atom. The number of rotatable bonds is 6. The van der Waals surface area contributed by atoms with Gasteiger partial charge in [0.2, 0.25) is 0 Å². The maximum atomic E-state index is 4.41. The molecule has 0 fully saturated rings. The highest BCUT2D eigenvalue weighted by Crippen LogP contribution is 2.21. The van der Waals surface area contributed by atoms with Gasteiger partial charge in [-0.05, 0) is 31.5 Å². The number of pyridine rings is 1. The van der Waals surface area contributed by atoms with Crippen molar-refractivity contribution in [1.29, 1.82) is 0 Å². The summed E-state index contributed by atoms with van der Waals surface area (Å²) in [5, 5.41) is 7.91. The van der Waals surface area contributed by atoms with Crippen LogP contribution in [0.5, 0.6) is 0 Å². The van der Waals surface area contributed by atoms with Crippen molar-refractivity contribution in [3.05, 3.63) is 47.5 Å². The third-order valence-electron chi connectivity index (χ3n) is 3.12. The summed E-state index contributed by atoms with van der Waals surface area (Å²) in [6.07, 6.45) is 7.11. The maximum Gasteiger partial charge on any atom is 0.0623 e. The second kappa shape index (κ2) is 6.48. The van der Waals surface area contributed by atoms with Crippen molar-refractivity contribution in [2.75, 3.05) is 6.54 Å². The minimum Gasteiger partial charge on any atom is -0.306 e. The Bertz CT molecular complexity index is 501. The first-order chi connectivity index (χ1) is 9.24. The lowest BCUT2D eigenvalue weighted by Gasteiger charge is -2.16. The normalized spacial score (nSPS) is 12.6. The fraction of sp³-hybridized carbons (Fsp3) is 0.467. The quantitative estimate of drug-likeness (QED) is 0.866. The third kappa shape index (κ3) is 3.41. The molecule has 102 valence electrons. The Morgan fingerprint density at radius 2 is 2.05 bits per heavy atom. The standard InChI is InChI=1S/C15H22N4/c1-4-8-19-11-14(10-18-19)15(16-5-2)13-7-6-12(3)17-9-13/h6-7,9-11,15-16H,4-5,8H2,1-3H3. The smallest absolute Gasteiger partial charge is 0.0623 e. The van der Waals surface area contributed by atoms with Crippen LogP contribution in [0.2, 0.25) is 0 Å². The molecule has 0 saturated heterocycles. The Morgan fingerprint density at radius 1 is 1.21 bits per heavy atom. The first kappa shape index (κ1) is 13.7. The zero-order valence-electron chi connectivity index (χ0n) is 11.9. The van der Waals surface area contributed by atoms with E-state index in [2.05, 4.69) is 47.6 Å². The first-order valence-corrected chi connectivity index (χ1v) is 6.92. The van der Waals surface area contributed by atoms with E-state index in [1.54, 1.807) is 0 Å². The molecule has 4 heteroatoms. The average Bonchev–Trinajstić information content (AvgIpc) is 2.86. The summed E-state index contributed by atoms with van der Waals surface area (Å²) in [5.41, 5.74) is 3.42. The van der Waals surface area contributed by atoms with Gasteiger partial charge in [0, 0.05) is 30.2 Å². The monoisotopic (exact) mass is 258 g/mol. The highest BCUT2D eigenvalue weighted by Gasteiger charge is 2.15. The molecule has 0 aliphatic carbocycles. The van der Waals surface area contributed by atoms with Crippen molar-refractivity contribution < 1.29 is 0 Å². The molecule has 2 rings (SSSR count). The van der Waals surface area contributed by atoms with Gasteiger partial charge in [-0.1, -0.05) is 19.9 Å². The number of nitrogens with one attached hydrogen (secondary N) is 1. The molecule has 0 aliphatic heterocycles. The minimum atomic E-state index is 0.170.